The van der Waals surface area contributed by atoms with E-state index < -0.39 is 25.6 Å². The zero-order valence-electron chi connectivity index (χ0n) is 18.3. The lowest BCUT2D eigenvalue weighted by molar-refractivity contribution is 0.0115. The van der Waals surface area contributed by atoms with Crippen LogP contribution < -0.4 is 11.1 Å². The summed E-state index contributed by atoms with van der Waals surface area (Å²) < 4.78 is 12.0. The maximum atomic E-state index is 12.3. The molecule has 0 bridgehead atoms. The molecule has 1 rings (SSSR count). The minimum absolute atomic E-state index is 0.0460. The minimum Gasteiger partial charge on any atom is -0.435 e. The van der Waals surface area contributed by atoms with E-state index in [1.165, 1.54) is 0 Å². The monoisotopic (exact) mass is 401 g/mol. The van der Waals surface area contributed by atoms with Crippen molar-refractivity contribution in [2.24, 2.45) is 16.8 Å². The Labute approximate surface area is 165 Å². The van der Waals surface area contributed by atoms with E-state index in [1.807, 2.05) is 20.8 Å². The van der Waals surface area contributed by atoms with E-state index in [4.69, 9.17) is 14.9 Å². The maximum Gasteiger partial charge on any atom is 0.408 e. The lowest BCUT2D eigenvalue weighted by atomic mass is 9.78. The zero-order chi connectivity index (χ0) is 21.1. The van der Waals surface area contributed by atoms with Crippen LogP contribution >= 0.6 is 0 Å². The van der Waals surface area contributed by atoms with Crippen molar-refractivity contribution >= 4 is 20.2 Å². The van der Waals surface area contributed by atoms with Crippen LogP contribution in [0.2, 0.25) is 18.1 Å². The molecule has 1 fully saturated rings. The quantitative estimate of drug-likeness (QED) is 0.210. The highest BCUT2D eigenvalue weighted by Crippen LogP contribution is 2.39. The van der Waals surface area contributed by atoms with Gasteiger partial charge < -0.3 is 25.4 Å². The van der Waals surface area contributed by atoms with Gasteiger partial charge in [0.25, 0.3) is 0 Å². The number of nitrogens with zero attached hydrogens (tertiary/aromatic N) is 1. The molecule has 1 saturated carbocycles. The highest BCUT2D eigenvalue weighted by Gasteiger charge is 2.44. The first kappa shape index (κ1) is 23.8. The molecule has 0 radical (unpaired) electrons. The van der Waals surface area contributed by atoms with Crippen molar-refractivity contribution in [3.05, 3.63) is 0 Å². The van der Waals surface area contributed by atoms with Crippen LogP contribution in [0.5, 0.6) is 0 Å². The lowest BCUT2D eigenvalue weighted by Crippen LogP contribution is -2.54. The number of ether oxygens (including phenoxy) is 1. The summed E-state index contributed by atoms with van der Waals surface area (Å²) in [6.45, 7) is 17.5. The van der Waals surface area contributed by atoms with Gasteiger partial charge in [-0.05, 0) is 70.5 Å². The number of nitrogens with two attached hydrogens (primary N) is 1. The van der Waals surface area contributed by atoms with Crippen LogP contribution in [0.4, 0.5) is 4.79 Å². The second-order valence-electron chi connectivity index (χ2n) is 10.3. The van der Waals surface area contributed by atoms with Crippen LogP contribution in [0, 0.1) is 5.92 Å². The maximum absolute atomic E-state index is 12.3. The summed E-state index contributed by atoms with van der Waals surface area (Å²) in [5.41, 5.74) is 4.43. The highest BCUT2D eigenvalue weighted by molar-refractivity contribution is 6.74. The number of nitrogens with one attached hydrogen (secondary N) is 1. The Morgan fingerprint density at radius 2 is 1.74 bits per heavy atom. The van der Waals surface area contributed by atoms with Gasteiger partial charge in [0.15, 0.2) is 19.8 Å². The number of carbonyl (C=O) groups is 1. The predicted molar refractivity (Wildman–Crippen MR) is 111 cm³/mol. The molecule has 1 aliphatic carbocycles. The summed E-state index contributed by atoms with van der Waals surface area (Å²) in [4.78, 5) is 12.3. The number of rotatable bonds is 5. The summed E-state index contributed by atoms with van der Waals surface area (Å²) >= 11 is 0. The fourth-order valence-corrected chi connectivity index (χ4v) is 3.95. The second-order valence-corrected chi connectivity index (χ2v) is 15.1. The van der Waals surface area contributed by atoms with E-state index in [0.29, 0.717) is 25.4 Å². The number of amides is 1. The molecule has 0 aromatic rings. The Kier molecular flexibility index (Phi) is 7.38. The summed E-state index contributed by atoms with van der Waals surface area (Å²) in [6, 6.07) is 0. The van der Waals surface area contributed by atoms with E-state index in [1.54, 1.807) is 0 Å². The van der Waals surface area contributed by atoms with Crippen molar-refractivity contribution in [1.82, 2.24) is 5.32 Å². The largest absolute Gasteiger partial charge is 0.435 e. The van der Waals surface area contributed by atoms with Crippen molar-refractivity contribution in [3.8, 4) is 0 Å². The summed E-state index contributed by atoms with van der Waals surface area (Å²) in [7, 11) is -1.79. The fourth-order valence-electron chi connectivity index (χ4n) is 2.86. The van der Waals surface area contributed by atoms with Crippen molar-refractivity contribution in [2.75, 3.05) is 6.61 Å². The van der Waals surface area contributed by atoms with E-state index in [9.17, 15) is 10.0 Å². The average Bonchev–Trinajstić information content (AvgIpc) is 2.50. The minimum atomic E-state index is -1.79. The van der Waals surface area contributed by atoms with Crippen molar-refractivity contribution in [3.63, 3.8) is 0 Å². The Balaban J connectivity index is 2.73. The van der Waals surface area contributed by atoms with Gasteiger partial charge in [-0.3, -0.25) is 0 Å². The smallest absolute Gasteiger partial charge is 0.408 e. The molecule has 0 saturated heterocycles. The molecule has 4 N–H and O–H groups in total. The van der Waals surface area contributed by atoms with Crippen molar-refractivity contribution < 1.29 is 19.2 Å². The Morgan fingerprint density at radius 3 is 2.15 bits per heavy atom. The van der Waals surface area contributed by atoms with Gasteiger partial charge in [0, 0.05) is 12.1 Å². The predicted octanol–water partition coefficient (Wildman–Crippen LogP) is 4.21. The molecule has 0 atom stereocenters. The molecule has 1 aliphatic rings. The SMILES string of the molecule is CC(C)(C)NC(=O)OC1(C(N)=NO)CCC(CO[Si](C)(C)C(C)(C)C)CC1. The second kappa shape index (κ2) is 8.39. The van der Waals surface area contributed by atoms with Gasteiger partial charge in [0.05, 0.1) is 0 Å². The molecule has 0 unspecified atom stereocenters. The number of alkyl carbamates (subject to hydrolysis) is 1. The molecule has 7 nitrogen and oxygen atoms in total. The van der Waals surface area contributed by atoms with Crippen molar-refractivity contribution in [1.29, 1.82) is 0 Å². The number of hydrogen-bond acceptors (Lipinski definition) is 5. The van der Waals surface area contributed by atoms with E-state index >= 15 is 0 Å². The Morgan fingerprint density at radius 1 is 1.22 bits per heavy atom. The van der Waals surface area contributed by atoms with Gasteiger partial charge in [-0.15, -0.1) is 0 Å². The molecule has 0 aromatic heterocycles. The third-order valence-corrected chi connectivity index (χ3v) is 10.2. The van der Waals surface area contributed by atoms with Gasteiger partial charge in [-0.2, -0.15) is 0 Å². The molecule has 158 valence electrons. The number of carbonyl (C=O) groups excluding carboxylic acids is 1. The summed E-state index contributed by atoms with van der Waals surface area (Å²) in [5.74, 6) is 0.336. The van der Waals surface area contributed by atoms with E-state index in [2.05, 4.69) is 44.3 Å². The molecule has 0 spiro atoms. The summed E-state index contributed by atoms with van der Waals surface area (Å²) in [5, 5.41) is 15.3. The normalized spacial score (nSPS) is 25.2. The topological polar surface area (TPSA) is 106 Å². The van der Waals surface area contributed by atoms with Gasteiger partial charge in [0.2, 0.25) is 0 Å². The number of hydrogen-bond donors (Lipinski definition) is 3. The van der Waals surface area contributed by atoms with Gasteiger partial charge in [0.1, 0.15) is 0 Å². The van der Waals surface area contributed by atoms with Crippen LogP contribution in [0.25, 0.3) is 0 Å². The third kappa shape index (κ3) is 6.67. The first-order valence-corrected chi connectivity index (χ1v) is 12.7. The van der Waals surface area contributed by atoms with Crippen LogP contribution in [0.3, 0.4) is 0 Å². The van der Waals surface area contributed by atoms with E-state index in [-0.39, 0.29) is 10.9 Å². The molecular weight excluding hydrogens is 362 g/mol. The molecular formula is C19H39N3O4Si. The highest BCUT2D eigenvalue weighted by atomic mass is 28.4. The Bertz CT molecular complexity index is 542. The van der Waals surface area contributed by atoms with Gasteiger partial charge in [-0.25, -0.2) is 4.79 Å². The average molecular weight is 402 g/mol. The first-order valence-electron chi connectivity index (χ1n) is 9.75. The Hall–Kier alpha value is -1.28. The lowest BCUT2D eigenvalue weighted by Gasteiger charge is -2.41. The van der Waals surface area contributed by atoms with Crippen LogP contribution in [-0.4, -0.2) is 43.2 Å². The molecule has 1 amide bonds. The van der Waals surface area contributed by atoms with Crippen LogP contribution in [-0.2, 0) is 9.16 Å². The van der Waals surface area contributed by atoms with Crippen molar-refractivity contribution in [2.45, 2.75) is 96.5 Å². The third-order valence-electron chi connectivity index (χ3n) is 5.74. The van der Waals surface area contributed by atoms with Gasteiger partial charge in [-0.1, -0.05) is 25.9 Å². The standard InChI is InChI=1S/C19H39N3O4Si/c1-17(2,3)21-16(23)26-19(15(20)22-24)11-9-14(10-12-19)13-25-27(7,8)18(4,5)6/h14,24H,9-13H2,1-8H3,(H2,20,22)(H,21,23). The molecule has 0 aromatic carbocycles. The molecule has 8 heteroatoms. The van der Waals surface area contributed by atoms with Crippen LogP contribution in [0.1, 0.15) is 67.2 Å². The van der Waals surface area contributed by atoms with E-state index in [0.717, 1.165) is 12.8 Å². The number of oxime groups is 1. The van der Waals surface area contributed by atoms with Crippen LogP contribution in [0.15, 0.2) is 5.16 Å². The fraction of sp³-hybridized carbons (Fsp3) is 0.895. The van der Waals surface area contributed by atoms with Gasteiger partial charge >= 0.3 is 6.09 Å². The molecule has 27 heavy (non-hydrogen) atoms. The molecule has 0 heterocycles. The first-order chi connectivity index (χ1) is 12.1. The zero-order valence-corrected chi connectivity index (χ0v) is 19.3. The molecule has 0 aliphatic heterocycles. The summed E-state index contributed by atoms with van der Waals surface area (Å²) in [6.07, 6.45) is 2.09. The number of amidine groups is 1.